The van der Waals surface area contributed by atoms with Crippen LogP contribution in [0.5, 0.6) is 0 Å². The Balaban J connectivity index is 1.78. The highest BCUT2D eigenvalue weighted by molar-refractivity contribution is 7.89. The number of nitrogens with zero attached hydrogens (tertiary/aromatic N) is 1. The molecule has 8 heteroatoms. The second-order valence-corrected chi connectivity index (χ2v) is 11.5. The Bertz CT molecular complexity index is 948. The third-order valence-electron chi connectivity index (χ3n) is 6.26. The van der Waals surface area contributed by atoms with Gasteiger partial charge in [-0.05, 0) is 43.2 Å². The minimum atomic E-state index is -3.97. The molecule has 1 saturated carbocycles. The zero-order valence-corrected chi connectivity index (χ0v) is 19.5. The zero-order chi connectivity index (χ0) is 22.8. The number of rotatable bonds is 5. The fraction of sp³-hybridized carbons (Fsp3) is 0.565. The van der Waals surface area contributed by atoms with E-state index in [0.29, 0.717) is 5.92 Å². The van der Waals surface area contributed by atoms with Crippen LogP contribution >= 0.6 is 0 Å². The van der Waals surface area contributed by atoms with Gasteiger partial charge in [0.15, 0.2) is 0 Å². The topological polar surface area (TPSA) is 95.6 Å². The first kappa shape index (κ1) is 23.3. The summed E-state index contributed by atoms with van der Waals surface area (Å²) in [4.78, 5) is 25.5. The smallest absolute Gasteiger partial charge is 0.264 e. The van der Waals surface area contributed by atoms with E-state index in [2.05, 4.69) is 31.4 Å². The molecule has 1 aromatic carbocycles. The fourth-order valence-corrected chi connectivity index (χ4v) is 6.00. The monoisotopic (exact) mass is 447 g/mol. The SMILES string of the molecule is Cc1ccc(S(=O)(=O)N2C=CNC(=O)[C@H]2CC(=O)N[C@H]2CCCC[C@@H]2C(C)(C)C)cc1. The summed E-state index contributed by atoms with van der Waals surface area (Å²) in [5.41, 5.74) is 0.993. The molecule has 2 amide bonds. The van der Waals surface area contributed by atoms with Crippen molar-refractivity contribution in [2.24, 2.45) is 11.3 Å². The minimum Gasteiger partial charge on any atom is -0.353 e. The Labute approximate surface area is 185 Å². The van der Waals surface area contributed by atoms with Gasteiger partial charge in [-0.3, -0.25) is 13.9 Å². The van der Waals surface area contributed by atoms with Gasteiger partial charge in [-0.2, -0.15) is 0 Å². The Morgan fingerprint density at radius 3 is 2.45 bits per heavy atom. The van der Waals surface area contributed by atoms with Gasteiger partial charge in [-0.15, -0.1) is 0 Å². The largest absolute Gasteiger partial charge is 0.353 e. The highest BCUT2D eigenvalue weighted by Gasteiger charge is 2.39. The number of amides is 2. The molecule has 170 valence electrons. The van der Waals surface area contributed by atoms with E-state index < -0.39 is 22.0 Å². The lowest BCUT2D eigenvalue weighted by molar-refractivity contribution is -0.130. The third kappa shape index (κ3) is 5.29. The highest BCUT2D eigenvalue weighted by atomic mass is 32.2. The van der Waals surface area contributed by atoms with E-state index in [1.807, 2.05) is 6.92 Å². The molecule has 1 aliphatic carbocycles. The second kappa shape index (κ2) is 9.02. The van der Waals surface area contributed by atoms with E-state index in [4.69, 9.17) is 0 Å². The molecule has 3 rings (SSSR count). The Morgan fingerprint density at radius 1 is 1.16 bits per heavy atom. The molecule has 0 unspecified atom stereocenters. The molecule has 0 bridgehead atoms. The zero-order valence-electron chi connectivity index (χ0n) is 18.7. The van der Waals surface area contributed by atoms with E-state index in [9.17, 15) is 18.0 Å². The number of hydrogen-bond donors (Lipinski definition) is 2. The average Bonchev–Trinajstić information content (AvgIpc) is 2.69. The lowest BCUT2D eigenvalue weighted by atomic mass is 9.69. The molecule has 7 nitrogen and oxygen atoms in total. The maximum absolute atomic E-state index is 13.2. The molecule has 1 aliphatic heterocycles. The number of nitrogens with one attached hydrogen (secondary N) is 2. The van der Waals surface area contributed by atoms with Crippen molar-refractivity contribution >= 4 is 21.8 Å². The summed E-state index contributed by atoms with van der Waals surface area (Å²) in [5.74, 6) is -0.470. The summed E-state index contributed by atoms with van der Waals surface area (Å²) in [7, 11) is -3.97. The van der Waals surface area contributed by atoms with Crippen molar-refractivity contribution in [2.75, 3.05) is 0 Å². The Morgan fingerprint density at radius 2 is 1.81 bits per heavy atom. The van der Waals surface area contributed by atoms with Crippen LogP contribution in [0.1, 0.15) is 58.4 Å². The van der Waals surface area contributed by atoms with E-state index >= 15 is 0 Å². The Hall–Kier alpha value is -2.35. The van der Waals surface area contributed by atoms with E-state index in [1.165, 1.54) is 24.5 Å². The molecule has 2 aliphatic rings. The molecule has 1 aromatic rings. The predicted octanol–water partition coefficient (Wildman–Crippen LogP) is 3.07. The molecule has 1 heterocycles. The van der Waals surface area contributed by atoms with Crippen LogP contribution in [0.4, 0.5) is 0 Å². The van der Waals surface area contributed by atoms with Gasteiger partial charge in [0.25, 0.3) is 10.0 Å². The minimum absolute atomic E-state index is 0.0330. The first-order valence-electron chi connectivity index (χ1n) is 10.9. The number of hydrogen-bond acceptors (Lipinski definition) is 4. The molecule has 2 N–H and O–H groups in total. The molecule has 31 heavy (non-hydrogen) atoms. The number of aryl methyl sites for hydroxylation is 1. The number of benzene rings is 1. The van der Waals surface area contributed by atoms with Gasteiger partial charge < -0.3 is 10.6 Å². The van der Waals surface area contributed by atoms with Gasteiger partial charge in [0, 0.05) is 18.4 Å². The van der Waals surface area contributed by atoms with Crippen LogP contribution < -0.4 is 10.6 Å². The van der Waals surface area contributed by atoms with Crippen molar-refractivity contribution in [1.29, 1.82) is 0 Å². The number of carbonyl (C=O) groups excluding carboxylic acids is 2. The second-order valence-electron chi connectivity index (χ2n) is 9.62. The summed E-state index contributed by atoms with van der Waals surface area (Å²) < 4.78 is 27.3. The molecular formula is C23H33N3O4S. The molecule has 3 atom stereocenters. The number of carbonyl (C=O) groups is 2. The van der Waals surface area contributed by atoms with Crippen molar-refractivity contribution < 1.29 is 18.0 Å². The van der Waals surface area contributed by atoms with E-state index in [-0.39, 0.29) is 28.7 Å². The number of sulfonamides is 1. The molecule has 0 radical (unpaired) electrons. The van der Waals surface area contributed by atoms with Gasteiger partial charge in [-0.1, -0.05) is 51.3 Å². The fourth-order valence-electron chi connectivity index (χ4n) is 4.55. The summed E-state index contributed by atoms with van der Waals surface area (Å²) in [6.07, 6.45) is 6.52. The molecule has 0 saturated heterocycles. The van der Waals surface area contributed by atoms with Gasteiger partial charge >= 0.3 is 0 Å². The van der Waals surface area contributed by atoms with Crippen molar-refractivity contribution in [1.82, 2.24) is 14.9 Å². The van der Waals surface area contributed by atoms with Crippen LogP contribution in [0.2, 0.25) is 0 Å². The average molecular weight is 448 g/mol. The van der Waals surface area contributed by atoms with Gasteiger partial charge in [0.2, 0.25) is 11.8 Å². The van der Waals surface area contributed by atoms with Gasteiger partial charge in [-0.25, -0.2) is 8.42 Å². The molecule has 0 spiro atoms. The van der Waals surface area contributed by atoms with Gasteiger partial charge in [0.05, 0.1) is 11.3 Å². The molecule has 1 fully saturated rings. The van der Waals surface area contributed by atoms with Crippen LogP contribution in [-0.2, 0) is 19.6 Å². The first-order chi connectivity index (χ1) is 14.5. The Kier molecular flexibility index (Phi) is 6.79. The summed E-state index contributed by atoms with van der Waals surface area (Å²) in [6, 6.07) is 5.34. The van der Waals surface area contributed by atoms with Crippen LogP contribution in [0.15, 0.2) is 41.6 Å². The van der Waals surface area contributed by atoms with Crippen LogP contribution in [0, 0.1) is 18.3 Å². The first-order valence-corrected chi connectivity index (χ1v) is 12.3. The standard InChI is InChI=1S/C23H33N3O4S/c1-16-9-11-17(12-10-16)31(29,30)26-14-13-24-22(28)20(26)15-21(27)25-19-8-6-5-7-18(19)23(2,3)4/h9-14,18-20H,5-8,15H2,1-4H3,(H,24,28)(H,25,27)/t18-,19-,20+/m0/s1. The highest BCUT2D eigenvalue weighted by Crippen LogP contribution is 2.38. The maximum Gasteiger partial charge on any atom is 0.264 e. The van der Waals surface area contributed by atoms with Crippen molar-refractivity contribution in [2.45, 2.75) is 76.8 Å². The summed E-state index contributed by atoms with van der Waals surface area (Å²) in [5, 5.41) is 5.63. The maximum atomic E-state index is 13.2. The van der Waals surface area contributed by atoms with Crippen molar-refractivity contribution in [3.63, 3.8) is 0 Å². The van der Waals surface area contributed by atoms with Crippen molar-refractivity contribution in [3.8, 4) is 0 Å². The van der Waals surface area contributed by atoms with E-state index in [1.54, 1.807) is 12.1 Å². The van der Waals surface area contributed by atoms with Crippen molar-refractivity contribution in [3.05, 3.63) is 42.2 Å². The molecule has 0 aromatic heterocycles. The quantitative estimate of drug-likeness (QED) is 0.725. The van der Waals surface area contributed by atoms with Crippen LogP contribution in [0.3, 0.4) is 0 Å². The van der Waals surface area contributed by atoms with Crippen LogP contribution in [-0.4, -0.2) is 36.6 Å². The normalized spacial score (nSPS) is 24.6. The van der Waals surface area contributed by atoms with Gasteiger partial charge in [0.1, 0.15) is 6.04 Å². The lowest BCUT2D eigenvalue weighted by Crippen LogP contribution is -2.53. The molecular weight excluding hydrogens is 414 g/mol. The van der Waals surface area contributed by atoms with Crippen LogP contribution in [0.25, 0.3) is 0 Å². The van der Waals surface area contributed by atoms with E-state index in [0.717, 1.165) is 35.6 Å². The summed E-state index contributed by atoms with van der Waals surface area (Å²) in [6.45, 7) is 8.40. The summed E-state index contributed by atoms with van der Waals surface area (Å²) >= 11 is 0. The third-order valence-corrected chi connectivity index (χ3v) is 8.06. The lowest BCUT2D eigenvalue weighted by Gasteiger charge is -2.41. The predicted molar refractivity (Wildman–Crippen MR) is 119 cm³/mol.